The van der Waals surface area contributed by atoms with E-state index in [2.05, 4.69) is 6.92 Å². The smallest absolute Gasteiger partial charge is 0.242 e. The Hall–Kier alpha value is -3.55. The number of benzene rings is 3. The lowest BCUT2D eigenvalue weighted by Crippen LogP contribution is -2.46. The van der Waals surface area contributed by atoms with Gasteiger partial charge in [0.05, 0.1) is 22.4 Å². The Labute approximate surface area is 250 Å². The van der Waals surface area contributed by atoms with E-state index in [4.69, 9.17) is 16.7 Å². The van der Waals surface area contributed by atoms with Gasteiger partial charge >= 0.3 is 0 Å². The van der Waals surface area contributed by atoms with Gasteiger partial charge in [-0.25, -0.2) is 4.68 Å². The first-order valence-corrected chi connectivity index (χ1v) is 15.5. The number of carbonyl (C=O) groups excluding carboxylic acids is 2. The molecule has 210 valence electrons. The van der Waals surface area contributed by atoms with Crippen molar-refractivity contribution < 1.29 is 9.59 Å². The fraction of sp³-hybridized carbons (Fsp3) is 0.303. The van der Waals surface area contributed by atoms with Crippen molar-refractivity contribution in [1.29, 1.82) is 0 Å². The quantitative estimate of drug-likeness (QED) is 0.255. The first-order chi connectivity index (χ1) is 19.9. The highest BCUT2D eigenvalue weighted by Crippen LogP contribution is 2.49. The molecule has 1 saturated heterocycles. The van der Waals surface area contributed by atoms with Gasteiger partial charge in [-0.1, -0.05) is 84.8 Å². The molecule has 2 aliphatic heterocycles. The fourth-order valence-electron chi connectivity index (χ4n) is 5.62. The third-order valence-electron chi connectivity index (χ3n) is 8.03. The van der Waals surface area contributed by atoms with E-state index in [1.807, 2.05) is 95.4 Å². The zero-order valence-electron chi connectivity index (χ0n) is 23.3. The lowest BCUT2D eigenvalue weighted by molar-refractivity contribution is -0.132. The van der Waals surface area contributed by atoms with Crippen molar-refractivity contribution >= 4 is 41.0 Å². The van der Waals surface area contributed by atoms with Crippen LogP contribution in [0, 0.1) is 12.8 Å². The second-order valence-electron chi connectivity index (χ2n) is 11.0. The number of piperidine rings is 1. The highest BCUT2D eigenvalue weighted by molar-refractivity contribution is 8.00. The number of amides is 2. The van der Waals surface area contributed by atoms with Gasteiger partial charge in [0.25, 0.3) is 0 Å². The molecule has 0 unspecified atom stereocenters. The van der Waals surface area contributed by atoms with Gasteiger partial charge in [0.15, 0.2) is 0 Å². The van der Waals surface area contributed by atoms with Gasteiger partial charge in [-0.2, -0.15) is 5.10 Å². The van der Waals surface area contributed by atoms with Gasteiger partial charge in [0.2, 0.25) is 11.8 Å². The van der Waals surface area contributed by atoms with Gasteiger partial charge < -0.3 is 4.90 Å². The summed E-state index contributed by atoms with van der Waals surface area (Å²) in [5.41, 5.74) is 5.49. The summed E-state index contributed by atoms with van der Waals surface area (Å²) in [7, 11) is 0. The summed E-state index contributed by atoms with van der Waals surface area (Å²) < 4.78 is 1.84. The molecule has 0 bridgehead atoms. The Morgan fingerprint density at radius 2 is 1.66 bits per heavy atom. The Kier molecular flexibility index (Phi) is 7.91. The number of aryl methyl sites for hydroxylation is 1. The van der Waals surface area contributed by atoms with Crippen LogP contribution in [-0.2, 0) is 9.59 Å². The summed E-state index contributed by atoms with van der Waals surface area (Å²) >= 11 is 8.32. The van der Waals surface area contributed by atoms with Crippen LogP contribution >= 0.6 is 23.4 Å². The Balaban J connectivity index is 1.57. The summed E-state index contributed by atoms with van der Waals surface area (Å²) in [5.74, 6) is 1.31. The van der Waals surface area contributed by atoms with Crippen LogP contribution in [0.1, 0.15) is 41.7 Å². The van der Waals surface area contributed by atoms with Crippen LogP contribution < -0.4 is 4.90 Å². The second-order valence-corrected chi connectivity index (χ2v) is 12.5. The second kappa shape index (κ2) is 11.7. The third kappa shape index (κ3) is 5.53. The summed E-state index contributed by atoms with van der Waals surface area (Å²) in [6.45, 7) is 5.68. The third-order valence-corrected chi connectivity index (χ3v) is 9.61. The minimum absolute atomic E-state index is 0.0260. The SMILES string of the molecule is Cc1ccc(-n2nc(-c3ccccc3)c3c2N(CC(=O)N2CCC(C)CC2)C(=O)CS[C@H]3c2ccccc2Cl)cc1. The van der Waals surface area contributed by atoms with Crippen LogP contribution in [0.25, 0.3) is 16.9 Å². The molecule has 6 nitrogen and oxygen atoms in total. The van der Waals surface area contributed by atoms with E-state index in [0.717, 1.165) is 59.6 Å². The van der Waals surface area contributed by atoms with Gasteiger partial charge in [-0.05, 0) is 49.4 Å². The van der Waals surface area contributed by atoms with E-state index < -0.39 is 0 Å². The number of carbonyl (C=O) groups is 2. The van der Waals surface area contributed by atoms with E-state index in [1.165, 1.54) is 11.8 Å². The molecule has 2 amide bonds. The molecule has 0 saturated carbocycles. The summed E-state index contributed by atoms with van der Waals surface area (Å²) in [4.78, 5) is 31.2. The van der Waals surface area contributed by atoms with Crippen molar-refractivity contribution in [2.45, 2.75) is 31.9 Å². The summed E-state index contributed by atoms with van der Waals surface area (Å²) in [6, 6.07) is 25.9. The Morgan fingerprint density at radius 3 is 2.37 bits per heavy atom. The van der Waals surface area contributed by atoms with Crippen LogP contribution in [0.4, 0.5) is 5.82 Å². The van der Waals surface area contributed by atoms with Crippen molar-refractivity contribution in [1.82, 2.24) is 14.7 Å². The van der Waals surface area contributed by atoms with Crippen LogP contribution in [-0.4, -0.2) is 51.9 Å². The molecular formula is C33H33ClN4O2S. The van der Waals surface area contributed by atoms with Crippen molar-refractivity contribution in [3.05, 3.63) is 101 Å². The zero-order chi connectivity index (χ0) is 28.5. The van der Waals surface area contributed by atoms with Crippen molar-refractivity contribution in [3.8, 4) is 16.9 Å². The van der Waals surface area contributed by atoms with Gasteiger partial charge in [0.1, 0.15) is 12.4 Å². The molecule has 4 aromatic rings. The minimum Gasteiger partial charge on any atom is -0.341 e. The van der Waals surface area contributed by atoms with Gasteiger partial charge in [-0.3, -0.25) is 14.5 Å². The predicted molar refractivity (Wildman–Crippen MR) is 167 cm³/mol. The molecule has 1 fully saturated rings. The van der Waals surface area contributed by atoms with Gasteiger partial charge in [-0.15, -0.1) is 11.8 Å². The van der Waals surface area contributed by atoms with Crippen LogP contribution in [0.3, 0.4) is 0 Å². The number of anilines is 1. The van der Waals surface area contributed by atoms with Crippen LogP contribution in [0.15, 0.2) is 78.9 Å². The fourth-order valence-corrected chi connectivity index (χ4v) is 7.16. The number of hydrogen-bond donors (Lipinski definition) is 0. The molecule has 8 heteroatoms. The Bertz CT molecular complexity index is 1560. The minimum atomic E-state index is -0.256. The number of rotatable bonds is 5. The Morgan fingerprint density at radius 1 is 0.976 bits per heavy atom. The number of thioether (sulfide) groups is 1. The topological polar surface area (TPSA) is 58.4 Å². The molecule has 1 atom stereocenters. The molecular weight excluding hydrogens is 552 g/mol. The van der Waals surface area contributed by atoms with Crippen molar-refractivity contribution in [2.24, 2.45) is 5.92 Å². The first-order valence-electron chi connectivity index (χ1n) is 14.1. The zero-order valence-corrected chi connectivity index (χ0v) is 24.9. The largest absolute Gasteiger partial charge is 0.341 e. The maximum absolute atomic E-state index is 14.0. The summed E-state index contributed by atoms with van der Waals surface area (Å²) in [6.07, 6.45) is 1.96. The van der Waals surface area contributed by atoms with E-state index in [9.17, 15) is 9.59 Å². The predicted octanol–water partition coefficient (Wildman–Crippen LogP) is 6.93. The average molecular weight is 585 g/mol. The highest BCUT2D eigenvalue weighted by Gasteiger charge is 2.39. The average Bonchev–Trinajstić information content (AvgIpc) is 3.31. The van der Waals surface area contributed by atoms with Crippen LogP contribution in [0.5, 0.6) is 0 Å². The number of fused-ring (bicyclic) bond motifs is 1. The molecule has 41 heavy (non-hydrogen) atoms. The molecule has 1 aromatic heterocycles. The van der Waals surface area contributed by atoms with Crippen LogP contribution in [0.2, 0.25) is 5.02 Å². The van der Waals surface area contributed by atoms with E-state index >= 15 is 0 Å². The molecule has 2 aliphatic rings. The monoisotopic (exact) mass is 584 g/mol. The number of likely N-dealkylation sites (tertiary alicyclic amines) is 1. The van der Waals surface area contributed by atoms with Crippen molar-refractivity contribution in [3.63, 3.8) is 0 Å². The molecule has 3 heterocycles. The highest BCUT2D eigenvalue weighted by atomic mass is 35.5. The number of nitrogens with zero attached hydrogens (tertiary/aromatic N) is 4. The van der Waals surface area contributed by atoms with E-state index in [-0.39, 0.29) is 29.4 Å². The van der Waals surface area contributed by atoms with Crippen molar-refractivity contribution in [2.75, 3.05) is 30.3 Å². The molecule has 0 aliphatic carbocycles. The number of hydrogen-bond acceptors (Lipinski definition) is 4. The lowest BCUT2D eigenvalue weighted by atomic mass is 9.99. The molecule has 0 N–H and O–H groups in total. The molecule has 3 aromatic carbocycles. The number of aromatic nitrogens is 2. The van der Waals surface area contributed by atoms with E-state index in [0.29, 0.717) is 16.8 Å². The summed E-state index contributed by atoms with van der Waals surface area (Å²) in [5, 5.41) is 5.54. The first kappa shape index (κ1) is 27.6. The molecule has 0 spiro atoms. The normalized spacial score (nSPS) is 17.8. The molecule has 6 rings (SSSR count). The number of halogens is 1. The standard InChI is InChI=1S/C33H33ClN4O2S/c1-22-12-14-25(15-13-22)38-33-30(31(35-38)24-8-4-3-5-9-24)32(26-10-6-7-11-27(26)34)41-21-29(40)37(33)20-28(39)36-18-16-23(2)17-19-36/h3-15,23,32H,16-21H2,1-2H3/t32-/m0/s1. The molecule has 0 radical (unpaired) electrons. The van der Waals surface area contributed by atoms with Gasteiger partial charge in [0, 0.05) is 29.2 Å². The lowest BCUT2D eigenvalue weighted by Gasteiger charge is -2.32. The van der Waals surface area contributed by atoms with E-state index in [1.54, 1.807) is 4.90 Å². The maximum Gasteiger partial charge on any atom is 0.242 e. The maximum atomic E-state index is 14.0.